The zero-order valence-electron chi connectivity index (χ0n) is 12.8. The molecule has 1 N–H and O–H groups in total. The second kappa shape index (κ2) is 5.79. The summed E-state index contributed by atoms with van der Waals surface area (Å²) in [5.41, 5.74) is 0. The van der Waals surface area contributed by atoms with Crippen molar-refractivity contribution in [1.29, 1.82) is 0 Å². The Morgan fingerprint density at radius 2 is 2.09 bits per heavy atom. The van der Waals surface area contributed by atoms with E-state index in [2.05, 4.69) is 15.2 Å². The maximum absolute atomic E-state index is 12.3. The number of allylic oxidation sites excluding steroid dienone is 1. The van der Waals surface area contributed by atoms with Crippen LogP contribution in [0.25, 0.3) is 0 Å². The highest BCUT2D eigenvalue weighted by Crippen LogP contribution is 2.27. The molecule has 0 aliphatic carbocycles. The second-order valence-electron chi connectivity index (χ2n) is 5.83. The third-order valence-corrected chi connectivity index (χ3v) is 4.45. The van der Waals surface area contributed by atoms with E-state index < -0.39 is 18.2 Å². The SMILES string of the molecule is C/C(Cl)=C/CN1C(N2CCCC2)=NC2C1C(=O)NC(=O)N2C. The molecule has 2 fully saturated rings. The predicted octanol–water partition coefficient (Wildman–Crippen LogP) is 0.773. The highest BCUT2D eigenvalue weighted by atomic mass is 35.5. The first-order valence-corrected chi connectivity index (χ1v) is 7.86. The largest absolute Gasteiger partial charge is 0.343 e. The van der Waals surface area contributed by atoms with Crippen LogP contribution >= 0.6 is 11.6 Å². The van der Waals surface area contributed by atoms with E-state index in [-0.39, 0.29) is 5.91 Å². The summed E-state index contributed by atoms with van der Waals surface area (Å²) in [5, 5.41) is 3.06. The molecular formula is C14H20ClN5O2. The van der Waals surface area contributed by atoms with E-state index in [0.29, 0.717) is 11.6 Å². The topological polar surface area (TPSA) is 68.2 Å². The van der Waals surface area contributed by atoms with Crippen molar-refractivity contribution in [3.8, 4) is 0 Å². The van der Waals surface area contributed by atoms with Crippen molar-refractivity contribution >= 4 is 29.5 Å². The minimum absolute atomic E-state index is 0.299. The van der Waals surface area contributed by atoms with Crippen molar-refractivity contribution in [3.05, 3.63) is 11.1 Å². The van der Waals surface area contributed by atoms with E-state index in [1.807, 2.05) is 11.0 Å². The van der Waals surface area contributed by atoms with Crippen molar-refractivity contribution < 1.29 is 9.59 Å². The Morgan fingerprint density at radius 3 is 2.73 bits per heavy atom. The number of nitrogens with zero attached hydrogens (tertiary/aromatic N) is 4. The lowest BCUT2D eigenvalue weighted by atomic mass is 10.1. The first-order chi connectivity index (χ1) is 10.5. The van der Waals surface area contributed by atoms with E-state index >= 15 is 0 Å². The van der Waals surface area contributed by atoms with Gasteiger partial charge in [0.1, 0.15) is 0 Å². The number of carbonyl (C=O) groups is 2. The Kier molecular flexibility index (Phi) is 3.99. The maximum Gasteiger partial charge on any atom is 0.325 e. The van der Waals surface area contributed by atoms with Crippen LogP contribution in [0.1, 0.15) is 19.8 Å². The molecule has 7 nitrogen and oxygen atoms in total. The van der Waals surface area contributed by atoms with Gasteiger partial charge >= 0.3 is 6.03 Å². The monoisotopic (exact) mass is 325 g/mol. The summed E-state index contributed by atoms with van der Waals surface area (Å²) in [4.78, 5) is 34.4. The van der Waals surface area contributed by atoms with E-state index in [4.69, 9.17) is 11.6 Å². The minimum atomic E-state index is -0.495. The van der Waals surface area contributed by atoms with E-state index in [1.54, 1.807) is 14.0 Å². The van der Waals surface area contributed by atoms with Crippen LogP contribution in [-0.4, -0.2) is 71.5 Å². The van der Waals surface area contributed by atoms with Crippen molar-refractivity contribution in [2.45, 2.75) is 32.0 Å². The summed E-state index contributed by atoms with van der Waals surface area (Å²) in [6.07, 6.45) is 3.63. The summed E-state index contributed by atoms with van der Waals surface area (Å²) in [7, 11) is 1.66. The Balaban J connectivity index is 1.92. The number of rotatable bonds is 2. The van der Waals surface area contributed by atoms with Crippen LogP contribution in [0, 0.1) is 0 Å². The Morgan fingerprint density at radius 1 is 1.41 bits per heavy atom. The van der Waals surface area contributed by atoms with Gasteiger partial charge in [0.2, 0.25) is 0 Å². The summed E-state index contributed by atoms with van der Waals surface area (Å²) >= 11 is 5.94. The van der Waals surface area contributed by atoms with E-state index in [0.717, 1.165) is 31.9 Å². The average Bonchev–Trinajstić information content (AvgIpc) is 3.09. The second-order valence-corrected chi connectivity index (χ2v) is 6.43. The minimum Gasteiger partial charge on any atom is -0.343 e. The number of urea groups is 1. The number of hydrogen-bond donors (Lipinski definition) is 1. The number of likely N-dealkylation sites (tertiary alicyclic amines) is 1. The van der Waals surface area contributed by atoms with Crippen LogP contribution in [0.2, 0.25) is 0 Å². The number of hydrogen-bond acceptors (Lipinski definition) is 5. The predicted molar refractivity (Wildman–Crippen MR) is 83.4 cm³/mol. The van der Waals surface area contributed by atoms with Crippen LogP contribution < -0.4 is 5.32 Å². The van der Waals surface area contributed by atoms with Crippen LogP contribution in [0.5, 0.6) is 0 Å². The van der Waals surface area contributed by atoms with Gasteiger partial charge in [-0.3, -0.25) is 10.1 Å². The number of imide groups is 1. The molecule has 3 heterocycles. The van der Waals surface area contributed by atoms with Crippen molar-refractivity contribution in [2.24, 2.45) is 4.99 Å². The first kappa shape index (κ1) is 15.1. The lowest BCUT2D eigenvalue weighted by molar-refractivity contribution is -0.127. The lowest BCUT2D eigenvalue weighted by Crippen LogP contribution is -2.64. The summed E-state index contributed by atoms with van der Waals surface area (Å²) < 4.78 is 0. The molecule has 0 aromatic heterocycles. The molecule has 0 saturated carbocycles. The average molecular weight is 326 g/mol. The Bertz CT molecular complexity index is 551. The highest BCUT2D eigenvalue weighted by Gasteiger charge is 2.49. The molecule has 0 spiro atoms. The molecule has 2 atom stereocenters. The molecule has 3 amide bonds. The number of nitrogens with one attached hydrogen (secondary N) is 1. The molecule has 2 unspecified atom stereocenters. The number of likely N-dealkylation sites (N-methyl/N-ethyl adjacent to an activating group) is 1. The maximum atomic E-state index is 12.3. The molecule has 0 bridgehead atoms. The number of aliphatic imine (C=N–C) groups is 1. The molecule has 0 radical (unpaired) electrons. The molecule has 22 heavy (non-hydrogen) atoms. The summed E-state index contributed by atoms with van der Waals surface area (Å²) in [6.45, 7) is 4.16. The van der Waals surface area contributed by atoms with Crippen LogP contribution in [-0.2, 0) is 4.79 Å². The van der Waals surface area contributed by atoms with Crippen molar-refractivity contribution in [1.82, 2.24) is 20.0 Å². The number of guanidine groups is 1. The zero-order valence-corrected chi connectivity index (χ0v) is 13.5. The van der Waals surface area contributed by atoms with Gasteiger partial charge in [0.05, 0.1) is 0 Å². The van der Waals surface area contributed by atoms with Gasteiger partial charge in [0.25, 0.3) is 5.91 Å². The number of halogens is 1. The number of fused-ring (bicyclic) bond motifs is 1. The fourth-order valence-electron chi connectivity index (χ4n) is 3.11. The lowest BCUT2D eigenvalue weighted by Gasteiger charge is -2.36. The van der Waals surface area contributed by atoms with Crippen LogP contribution in [0.3, 0.4) is 0 Å². The van der Waals surface area contributed by atoms with Gasteiger partial charge < -0.3 is 14.7 Å². The summed E-state index contributed by atoms with van der Waals surface area (Å²) in [5.74, 6) is 0.491. The van der Waals surface area contributed by atoms with Crippen molar-refractivity contribution in [2.75, 3.05) is 26.7 Å². The molecule has 3 aliphatic rings. The quantitative estimate of drug-likeness (QED) is 0.814. The fourth-order valence-corrected chi connectivity index (χ4v) is 3.18. The highest BCUT2D eigenvalue weighted by molar-refractivity contribution is 6.29. The molecule has 3 aliphatic heterocycles. The molecule has 2 saturated heterocycles. The molecule has 8 heteroatoms. The van der Waals surface area contributed by atoms with Crippen LogP contribution in [0.4, 0.5) is 4.79 Å². The van der Waals surface area contributed by atoms with Crippen LogP contribution in [0.15, 0.2) is 16.1 Å². The van der Waals surface area contributed by atoms with Gasteiger partial charge in [0.15, 0.2) is 18.2 Å². The Labute approximate surface area is 134 Å². The first-order valence-electron chi connectivity index (χ1n) is 7.48. The van der Waals surface area contributed by atoms with E-state index in [1.165, 1.54) is 4.90 Å². The molecule has 0 aromatic carbocycles. The smallest absolute Gasteiger partial charge is 0.325 e. The number of amides is 3. The molecule has 120 valence electrons. The van der Waals surface area contributed by atoms with Gasteiger partial charge in [-0.25, -0.2) is 9.79 Å². The van der Waals surface area contributed by atoms with Gasteiger partial charge in [-0.2, -0.15) is 0 Å². The third-order valence-electron chi connectivity index (χ3n) is 4.30. The third kappa shape index (κ3) is 2.54. The van der Waals surface area contributed by atoms with Crippen molar-refractivity contribution in [3.63, 3.8) is 0 Å². The Hall–Kier alpha value is -1.76. The fraction of sp³-hybridized carbons (Fsp3) is 0.643. The molecule has 3 rings (SSSR count). The summed E-state index contributed by atoms with van der Waals surface area (Å²) in [6, 6.07) is -0.896. The zero-order chi connectivity index (χ0) is 15.9. The van der Waals surface area contributed by atoms with Gasteiger partial charge in [0, 0.05) is 31.7 Å². The van der Waals surface area contributed by atoms with Gasteiger partial charge in [-0.1, -0.05) is 17.7 Å². The molecule has 0 aromatic rings. The normalized spacial score (nSPS) is 29.0. The van der Waals surface area contributed by atoms with Gasteiger partial charge in [-0.15, -0.1) is 0 Å². The number of carbonyl (C=O) groups excluding carboxylic acids is 2. The standard InChI is InChI=1S/C14H20ClN5O2/c1-9(15)5-8-20-10-11(18(2)14(22)17-12(10)21)16-13(20)19-6-3-4-7-19/h5,10-11H,3-4,6-8H2,1-2H3,(H,17,21,22)/b9-5-. The molecular weight excluding hydrogens is 306 g/mol. The van der Waals surface area contributed by atoms with E-state index in [9.17, 15) is 9.59 Å². The van der Waals surface area contributed by atoms with Gasteiger partial charge in [-0.05, 0) is 19.8 Å².